The Bertz CT molecular complexity index is 559. The van der Waals surface area contributed by atoms with E-state index in [0.29, 0.717) is 21.9 Å². The first-order valence-corrected chi connectivity index (χ1v) is 9.81. The third-order valence-electron chi connectivity index (χ3n) is 3.44. The van der Waals surface area contributed by atoms with Crippen molar-refractivity contribution in [2.24, 2.45) is 0 Å². The van der Waals surface area contributed by atoms with Crippen molar-refractivity contribution < 1.29 is 8.42 Å². The van der Waals surface area contributed by atoms with Gasteiger partial charge in [-0.3, -0.25) is 0 Å². The first-order chi connectivity index (χ1) is 9.45. The van der Waals surface area contributed by atoms with Gasteiger partial charge in [-0.15, -0.1) is 0 Å². The first-order valence-electron chi connectivity index (χ1n) is 6.49. The number of hydrogen-bond acceptors (Lipinski definition) is 2. The van der Waals surface area contributed by atoms with Crippen LogP contribution < -0.4 is 0 Å². The molecule has 0 aromatic heterocycles. The molecule has 0 radical (unpaired) electrons. The van der Waals surface area contributed by atoms with Crippen molar-refractivity contribution in [1.82, 2.24) is 4.31 Å². The van der Waals surface area contributed by atoms with Gasteiger partial charge in [0, 0.05) is 28.0 Å². The molecule has 1 unspecified atom stereocenters. The molecule has 1 aliphatic rings. The topological polar surface area (TPSA) is 37.4 Å². The predicted octanol–water partition coefficient (Wildman–Crippen LogP) is 4.32. The molecule has 0 N–H and O–H groups in total. The van der Waals surface area contributed by atoms with E-state index in [1.165, 1.54) is 18.2 Å². The molecule has 112 valence electrons. The van der Waals surface area contributed by atoms with Crippen LogP contribution in [0.1, 0.15) is 25.7 Å². The molecular weight excluding hydrogens is 385 g/mol. The molecule has 7 heteroatoms. The van der Waals surface area contributed by atoms with Crippen LogP contribution in [0.2, 0.25) is 10.0 Å². The Hall–Kier alpha value is 0.190. The number of halogens is 3. The third-order valence-corrected chi connectivity index (χ3v) is 6.56. The second-order valence-corrected chi connectivity index (χ2v) is 8.29. The lowest BCUT2D eigenvalue weighted by Crippen LogP contribution is -2.40. The first kappa shape index (κ1) is 16.6. The molecule has 1 heterocycles. The van der Waals surface area contributed by atoms with Crippen LogP contribution >= 0.6 is 39.1 Å². The average Bonchev–Trinajstić information content (AvgIpc) is 2.62. The van der Waals surface area contributed by atoms with Crippen LogP contribution in [0.3, 0.4) is 0 Å². The van der Waals surface area contributed by atoms with Crippen LogP contribution in [0.15, 0.2) is 23.1 Å². The minimum absolute atomic E-state index is 0.0137. The monoisotopic (exact) mass is 399 g/mol. The van der Waals surface area contributed by atoms with E-state index in [2.05, 4.69) is 15.9 Å². The number of benzene rings is 1. The van der Waals surface area contributed by atoms with Gasteiger partial charge in [0.1, 0.15) is 0 Å². The minimum Gasteiger partial charge on any atom is -0.207 e. The van der Waals surface area contributed by atoms with Crippen LogP contribution in [-0.4, -0.2) is 30.6 Å². The normalized spacial score (nSPS) is 21.6. The molecule has 0 saturated carbocycles. The molecule has 2 rings (SSSR count). The van der Waals surface area contributed by atoms with E-state index in [9.17, 15) is 8.42 Å². The van der Waals surface area contributed by atoms with Crippen molar-refractivity contribution >= 4 is 49.2 Å². The lowest BCUT2D eigenvalue weighted by molar-refractivity contribution is 0.347. The fraction of sp³-hybridized carbons (Fsp3) is 0.538. The average molecular weight is 401 g/mol. The zero-order valence-corrected chi connectivity index (χ0v) is 14.8. The Kier molecular flexibility index (Phi) is 5.77. The van der Waals surface area contributed by atoms with Gasteiger partial charge in [0.2, 0.25) is 10.0 Å². The van der Waals surface area contributed by atoms with Crippen LogP contribution in [0.5, 0.6) is 0 Å². The molecule has 20 heavy (non-hydrogen) atoms. The quantitative estimate of drug-likeness (QED) is 0.708. The summed E-state index contributed by atoms with van der Waals surface area (Å²) in [5.41, 5.74) is 0. The Morgan fingerprint density at radius 3 is 2.40 bits per heavy atom. The summed E-state index contributed by atoms with van der Waals surface area (Å²) in [6.07, 6.45) is 3.88. The molecule has 0 spiro atoms. The van der Waals surface area contributed by atoms with E-state index in [1.54, 1.807) is 4.31 Å². The lowest BCUT2D eigenvalue weighted by Gasteiger charge is -2.27. The number of hydrogen-bond donors (Lipinski definition) is 0. The number of sulfonamides is 1. The highest BCUT2D eigenvalue weighted by molar-refractivity contribution is 9.09. The molecule has 0 bridgehead atoms. The Morgan fingerprint density at radius 2 is 1.80 bits per heavy atom. The van der Waals surface area contributed by atoms with Gasteiger partial charge in [-0.05, 0) is 31.0 Å². The van der Waals surface area contributed by atoms with Gasteiger partial charge in [0.05, 0.1) is 4.90 Å². The summed E-state index contributed by atoms with van der Waals surface area (Å²) in [5, 5.41) is 1.31. The molecule has 1 atom stereocenters. The SMILES string of the molecule is O=S(=O)(c1cc(Cl)cc(Cl)c1)N1CCCCCC1CBr. The summed E-state index contributed by atoms with van der Waals surface area (Å²) in [7, 11) is -3.56. The number of nitrogens with zero attached hydrogens (tertiary/aromatic N) is 1. The summed E-state index contributed by atoms with van der Waals surface area (Å²) >= 11 is 15.3. The second-order valence-electron chi connectivity index (χ2n) is 4.88. The molecule has 0 aliphatic carbocycles. The molecular formula is C13H16BrCl2NO2S. The van der Waals surface area contributed by atoms with E-state index in [1.807, 2.05) is 0 Å². The van der Waals surface area contributed by atoms with Crippen molar-refractivity contribution in [2.75, 3.05) is 11.9 Å². The van der Waals surface area contributed by atoms with Crippen LogP contribution in [0.4, 0.5) is 0 Å². The van der Waals surface area contributed by atoms with E-state index >= 15 is 0 Å². The smallest absolute Gasteiger partial charge is 0.207 e. The maximum absolute atomic E-state index is 12.8. The maximum Gasteiger partial charge on any atom is 0.243 e. The second kappa shape index (κ2) is 6.97. The summed E-state index contributed by atoms with van der Waals surface area (Å²) in [5.74, 6) is 0. The highest BCUT2D eigenvalue weighted by Crippen LogP contribution is 2.29. The minimum atomic E-state index is -3.56. The summed E-state index contributed by atoms with van der Waals surface area (Å²) in [4.78, 5) is 0.169. The van der Waals surface area contributed by atoms with Gasteiger partial charge >= 0.3 is 0 Å². The van der Waals surface area contributed by atoms with Crippen LogP contribution in [0.25, 0.3) is 0 Å². The zero-order chi connectivity index (χ0) is 14.8. The van der Waals surface area contributed by atoms with Gasteiger partial charge in [-0.25, -0.2) is 8.42 Å². The van der Waals surface area contributed by atoms with Gasteiger partial charge in [0.25, 0.3) is 0 Å². The zero-order valence-electron chi connectivity index (χ0n) is 10.9. The van der Waals surface area contributed by atoms with Gasteiger partial charge in [-0.1, -0.05) is 52.0 Å². The Labute approximate surface area is 138 Å². The van der Waals surface area contributed by atoms with Crippen molar-refractivity contribution in [2.45, 2.75) is 36.6 Å². The van der Waals surface area contributed by atoms with Crippen molar-refractivity contribution in [1.29, 1.82) is 0 Å². The highest BCUT2D eigenvalue weighted by Gasteiger charge is 2.32. The fourth-order valence-corrected chi connectivity index (χ4v) is 5.72. The Morgan fingerprint density at radius 1 is 1.15 bits per heavy atom. The standard InChI is InChI=1S/C13H16BrCl2NO2S/c14-9-12-4-2-1-3-5-17(12)20(18,19)13-7-10(15)6-11(16)8-13/h6-8,12H,1-5,9H2. The van der Waals surface area contributed by atoms with E-state index in [4.69, 9.17) is 23.2 Å². The summed E-state index contributed by atoms with van der Waals surface area (Å²) in [6, 6.07) is 4.44. The Balaban J connectivity index is 2.41. The largest absolute Gasteiger partial charge is 0.243 e. The maximum atomic E-state index is 12.8. The van der Waals surface area contributed by atoms with Gasteiger partial charge in [-0.2, -0.15) is 4.31 Å². The number of alkyl halides is 1. The van der Waals surface area contributed by atoms with Crippen molar-refractivity contribution in [3.05, 3.63) is 28.2 Å². The molecule has 1 fully saturated rings. The predicted molar refractivity (Wildman–Crippen MR) is 86.4 cm³/mol. The van der Waals surface area contributed by atoms with E-state index < -0.39 is 10.0 Å². The van der Waals surface area contributed by atoms with Crippen molar-refractivity contribution in [3.63, 3.8) is 0 Å². The molecule has 1 aromatic rings. The molecule has 3 nitrogen and oxygen atoms in total. The summed E-state index contributed by atoms with van der Waals surface area (Å²) < 4.78 is 27.2. The summed E-state index contributed by atoms with van der Waals surface area (Å²) in [6.45, 7) is 0.544. The van der Waals surface area contributed by atoms with E-state index in [-0.39, 0.29) is 10.9 Å². The number of rotatable bonds is 3. The van der Waals surface area contributed by atoms with Crippen LogP contribution in [-0.2, 0) is 10.0 Å². The van der Waals surface area contributed by atoms with E-state index in [0.717, 1.165) is 25.7 Å². The van der Waals surface area contributed by atoms with Gasteiger partial charge < -0.3 is 0 Å². The fourth-order valence-electron chi connectivity index (χ4n) is 2.43. The molecule has 0 amide bonds. The molecule has 1 aliphatic heterocycles. The van der Waals surface area contributed by atoms with Crippen molar-refractivity contribution in [3.8, 4) is 0 Å². The molecule has 1 aromatic carbocycles. The van der Waals surface area contributed by atoms with Gasteiger partial charge in [0.15, 0.2) is 0 Å². The highest BCUT2D eigenvalue weighted by atomic mass is 79.9. The lowest BCUT2D eigenvalue weighted by atomic mass is 10.1. The van der Waals surface area contributed by atoms with Crippen LogP contribution in [0, 0.1) is 0 Å². The third kappa shape index (κ3) is 3.69. The molecule has 1 saturated heterocycles.